The fourth-order valence-corrected chi connectivity index (χ4v) is 4.42. The van der Waals surface area contributed by atoms with Gasteiger partial charge in [-0.1, -0.05) is 30.0 Å². The number of carbonyl (C=O) groups is 2. The molecule has 1 aliphatic heterocycles. The van der Waals surface area contributed by atoms with Crippen LogP contribution in [0.1, 0.15) is 5.56 Å². The Morgan fingerprint density at radius 2 is 2.06 bits per heavy atom. The molecule has 1 aliphatic rings. The molecule has 2 aromatic carbocycles. The third-order valence-corrected chi connectivity index (χ3v) is 5.85. The van der Waals surface area contributed by atoms with Crippen molar-refractivity contribution >= 4 is 35.0 Å². The number of amides is 2. The zero-order valence-corrected chi connectivity index (χ0v) is 17.5. The van der Waals surface area contributed by atoms with E-state index in [1.54, 1.807) is 36.4 Å². The minimum atomic E-state index is -0.670. The second-order valence-corrected chi connectivity index (χ2v) is 7.68. The average molecular weight is 438 g/mol. The van der Waals surface area contributed by atoms with Crippen molar-refractivity contribution in [3.63, 3.8) is 0 Å². The molecule has 1 N–H and O–H groups in total. The smallest absolute Gasteiger partial charge is 0.269 e. The number of nitro groups is 1. The van der Waals surface area contributed by atoms with Crippen LogP contribution in [0.4, 0.5) is 11.4 Å². The molecule has 9 nitrogen and oxygen atoms in total. The molecule has 1 heterocycles. The number of thioether (sulfide) groups is 1. The van der Waals surface area contributed by atoms with E-state index in [1.165, 1.54) is 31.2 Å². The molecule has 1 fully saturated rings. The summed E-state index contributed by atoms with van der Waals surface area (Å²) in [5, 5.41) is 22.6. The number of methoxy groups -OCH3 is 1. The monoisotopic (exact) mass is 438 g/mol. The molecule has 1 unspecified atom stereocenters. The largest absolute Gasteiger partial charge is 0.497 e. The number of nitrogens with zero attached hydrogens (tertiary/aromatic N) is 3. The van der Waals surface area contributed by atoms with Crippen LogP contribution in [0.5, 0.6) is 5.75 Å². The van der Waals surface area contributed by atoms with Crippen LogP contribution in [-0.4, -0.2) is 36.1 Å². The molecule has 0 aliphatic carbocycles. The lowest BCUT2D eigenvalue weighted by atomic mass is 10.1. The molecule has 0 bridgehead atoms. The molecule has 0 radical (unpaired) electrons. The van der Waals surface area contributed by atoms with Crippen LogP contribution in [0.15, 0.2) is 59.1 Å². The van der Waals surface area contributed by atoms with E-state index < -0.39 is 16.1 Å². The third kappa shape index (κ3) is 4.51. The molecule has 0 aromatic heterocycles. The molecule has 31 heavy (non-hydrogen) atoms. The first-order valence-electron chi connectivity index (χ1n) is 9.14. The average Bonchev–Trinajstić information content (AvgIpc) is 3.09. The van der Waals surface area contributed by atoms with Gasteiger partial charge < -0.3 is 10.1 Å². The molecule has 0 saturated carbocycles. The first-order valence-corrected chi connectivity index (χ1v) is 10.0. The molecule has 158 valence electrons. The van der Waals surface area contributed by atoms with Crippen molar-refractivity contribution in [2.24, 2.45) is 0 Å². The van der Waals surface area contributed by atoms with Crippen molar-refractivity contribution in [3.8, 4) is 11.8 Å². The summed E-state index contributed by atoms with van der Waals surface area (Å²) >= 11 is 1.08. The summed E-state index contributed by atoms with van der Waals surface area (Å²) in [5.41, 5.74) is 0.789. The minimum Gasteiger partial charge on any atom is -0.497 e. The van der Waals surface area contributed by atoms with Gasteiger partial charge in [-0.25, -0.2) is 0 Å². The van der Waals surface area contributed by atoms with Gasteiger partial charge in [0.1, 0.15) is 22.4 Å². The van der Waals surface area contributed by atoms with Crippen LogP contribution in [0.2, 0.25) is 0 Å². The lowest BCUT2D eigenvalue weighted by Gasteiger charge is -2.19. The van der Waals surface area contributed by atoms with Gasteiger partial charge in [0.15, 0.2) is 0 Å². The van der Waals surface area contributed by atoms with Crippen molar-refractivity contribution in [1.29, 1.82) is 5.26 Å². The van der Waals surface area contributed by atoms with Crippen molar-refractivity contribution in [1.82, 2.24) is 5.32 Å². The van der Waals surface area contributed by atoms with Gasteiger partial charge in [-0.15, -0.1) is 0 Å². The van der Waals surface area contributed by atoms with E-state index in [0.29, 0.717) is 17.0 Å². The molecule has 3 rings (SSSR count). The number of nitrogens with one attached hydrogen (secondary N) is 1. The summed E-state index contributed by atoms with van der Waals surface area (Å²) in [5.74, 6) is -0.437. The predicted molar refractivity (Wildman–Crippen MR) is 115 cm³/mol. The molecule has 2 aromatic rings. The number of benzene rings is 2. The van der Waals surface area contributed by atoms with Crippen LogP contribution >= 0.6 is 11.8 Å². The number of carbonyl (C=O) groups excluding carboxylic acids is 2. The van der Waals surface area contributed by atoms with E-state index in [0.717, 1.165) is 11.8 Å². The molecule has 1 saturated heterocycles. The maximum atomic E-state index is 13.3. The summed E-state index contributed by atoms with van der Waals surface area (Å²) in [4.78, 5) is 37.5. The van der Waals surface area contributed by atoms with Crippen molar-refractivity contribution in [3.05, 3.63) is 74.8 Å². The van der Waals surface area contributed by atoms with Gasteiger partial charge in [-0.05, 0) is 24.1 Å². The van der Waals surface area contributed by atoms with E-state index in [1.807, 2.05) is 6.07 Å². The Morgan fingerprint density at radius 3 is 2.71 bits per heavy atom. The number of nitriles is 1. The van der Waals surface area contributed by atoms with Crippen molar-refractivity contribution in [2.75, 3.05) is 19.1 Å². The van der Waals surface area contributed by atoms with Crippen LogP contribution in [0.25, 0.3) is 0 Å². The van der Waals surface area contributed by atoms with E-state index in [-0.39, 0.29) is 28.6 Å². The SMILES string of the molecule is CNC(=O)/C(C#N)=C1\SC(Cc2cccc([N+](=O)[O-])c2)C(=O)N1c1cccc(OC)c1. The van der Waals surface area contributed by atoms with Gasteiger partial charge in [0.25, 0.3) is 11.6 Å². The Labute approximate surface area is 182 Å². The number of nitro benzene ring substituents is 1. The summed E-state index contributed by atoms with van der Waals surface area (Å²) in [6.45, 7) is 0. The second-order valence-electron chi connectivity index (χ2n) is 6.48. The van der Waals surface area contributed by atoms with Gasteiger partial charge in [-0.2, -0.15) is 5.26 Å². The number of likely N-dealkylation sites (N-methyl/N-ethyl adjacent to an activating group) is 1. The van der Waals surface area contributed by atoms with Gasteiger partial charge in [0, 0.05) is 25.2 Å². The fraction of sp³-hybridized carbons (Fsp3) is 0.190. The Morgan fingerprint density at radius 1 is 1.32 bits per heavy atom. The van der Waals surface area contributed by atoms with Gasteiger partial charge in [-0.3, -0.25) is 24.6 Å². The predicted octanol–water partition coefficient (Wildman–Crippen LogP) is 2.78. The number of non-ortho nitro benzene ring substituents is 1. The normalized spacial score (nSPS) is 17.1. The molecule has 2 amide bonds. The third-order valence-electron chi connectivity index (χ3n) is 4.59. The lowest BCUT2D eigenvalue weighted by Crippen LogP contribution is -2.31. The summed E-state index contributed by atoms with van der Waals surface area (Å²) in [6.07, 6.45) is 0.196. The Balaban J connectivity index is 2.05. The van der Waals surface area contributed by atoms with E-state index in [2.05, 4.69) is 5.32 Å². The highest BCUT2D eigenvalue weighted by atomic mass is 32.2. The van der Waals surface area contributed by atoms with E-state index in [4.69, 9.17) is 4.74 Å². The maximum absolute atomic E-state index is 13.3. The molecular weight excluding hydrogens is 420 g/mol. The minimum absolute atomic E-state index is 0.0727. The number of rotatable bonds is 6. The molecule has 1 atom stereocenters. The zero-order chi connectivity index (χ0) is 22.5. The van der Waals surface area contributed by atoms with Crippen LogP contribution < -0.4 is 15.0 Å². The number of ether oxygens (including phenoxy) is 1. The second kappa shape index (κ2) is 9.32. The molecular formula is C21H18N4O5S. The Hall–Kier alpha value is -3.84. The molecule has 10 heteroatoms. The highest BCUT2D eigenvalue weighted by molar-refractivity contribution is 8.05. The number of hydrogen-bond donors (Lipinski definition) is 1. The van der Waals surface area contributed by atoms with E-state index in [9.17, 15) is 25.0 Å². The maximum Gasteiger partial charge on any atom is 0.269 e. The van der Waals surface area contributed by atoms with Gasteiger partial charge in [0.05, 0.1) is 23.0 Å². The highest BCUT2D eigenvalue weighted by Crippen LogP contribution is 2.42. The summed E-state index contributed by atoms with van der Waals surface area (Å²) in [7, 11) is 2.89. The molecule has 0 spiro atoms. The first kappa shape index (κ1) is 21.9. The summed E-state index contributed by atoms with van der Waals surface area (Å²) < 4.78 is 5.23. The van der Waals surface area contributed by atoms with Crippen molar-refractivity contribution < 1.29 is 19.2 Å². The van der Waals surface area contributed by atoms with Gasteiger partial charge in [0.2, 0.25) is 5.91 Å². The van der Waals surface area contributed by atoms with Gasteiger partial charge >= 0.3 is 0 Å². The number of hydrogen-bond acceptors (Lipinski definition) is 7. The van der Waals surface area contributed by atoms with Crippen molar-refractivity contribution in [2.45, 2.75) is 11.7 Å². The highest BCUT2D eigenvalue weighted by Gasteiger charge is 2.41. The number of anilines is 1. The van der Waals surface area contributed by atoms with Crippen LogP contribution in [-0.2, 0) is 16.0 Å². The zero-order valence-electron chi connectivity index (χ0n) is 16.7. The van der Waals surface area contributed by atoms with E-state index >= 15 is 0 Å². The Bertz CT molecular complexity index is 1120. The quantitative estimate of drug-likeness (QED) is 0.318. The first-order chi connectivity index (χ1) is 14.9. The lowest BCUT2D eigenvalue weighted by molar-refractivity contribution is -0.384. The standard InChI is InChI=1S/C21H18N4O5S/c1-23-19(26)17(12-22)21-24(14-6-4-8-16(11-14)30-2)20(27)18(31-21)10-13-5-3-7-15(9-13)25(28)29/h3-9,11,18H,10H2,1-2H3,(H,23,26)/b21-17-. The fourth-order valence-electron chi connectivity index (χ4n) is 3.11. The topological polar surface area (TPSA) is 126 Å². The van der Waals surface area contributed by atoms with Crippen LogP contribution in [0.3, 0.4) is 0 Å². The summed E-state index contributed by atoms with van der Waals surface area (Å²) in [6, 6.07) is 14.6. The van der Waals surface area contributed by atoms with Crippen LogP contribution in [0, 0.1) is 21.4 Å². The Kier molecular flexibility index (Phi) is 6.57.